The number of carbonyl (C=O) groups excluding carboxylic acids is 1. The first-order valence-electron chi connectivity index (χ1n) is 4.80. The maximum atomic E-state index is 11.3. The second kappa shape index (κ2) is 3.05. The summed E-state index contributed by atoms with van der Waals surface area (Å²) < 4.78 is 31.0. The third kappa shape index (κ3) is 1.49. The minimum atomic E-state index is -2.80. The number of hydrogen-bond donors (Lipinski definition) is 1. The van der Waals surface area contributed by atoms with E-state index in [9.17, 15) is 4.79 Å². The Morgan fingerprint density at radius 2 is 2.55 bits per heavy atom. The van der Waals surface area contributed by atoms with Crippen LogP contribution in [-0.4, -0.2) is 19.5 Å². The summed E-state index contributed by atoms with van der Waals surface area (Å²) in [5.74, 6) is -1.09. The van der Waals surface area contributed by atoms with Crippen molar-refractivity contribution in [1.82, 2.24) is 0 Å². The van der Waals surface area contributed by atoms with Gasteiger partial charge in [0.25, 0.3) is 1.43 Å². The van der Waals surface area contributed by atoms with Crippen LogP contribution in [0.4, 0.5) is 0 Å². The van der Waals surface area contributed by atoms with E-state index >= 15 is 0 Å². The molecule has 3 heteroatoms. The molecule has 0 aliphatic carbocycles. The predicted octanol–water partition coefficient (Wildman–Crippen LogP) is 1.18. The van der Waals surface area contributed by atoms with Crippen LogP contribution in [0, 0.1) is 0 Å². The molecule has 58 valence electrons. The fourth-order valence-electron chi connectivity index (χ4n) is 0.690. The number of carbonyl (C=O) groups is 1. The Morgan fingerprint density at radius 3 is 3.27 bits per heavy atom. The molecule has 0 amide bonds. The smallest absolute Gasteiger partial charge is 0.341 e. The van der Waals surface area contributed by atoms with Crippen molar-refractivity contribution in [1.29, 1.82) is 1.43 Å². The maximum absolute atomic E-state index is 11.3. The van der Waals surface area contributed by atoms with Gasteiger partial charge < -0.3 is 9.85 Å². The number of phenols is 1. The highest BCUT2D eigenvalue weighted by atomic mass is 16.5. The molecule has 0 fully saturated rings. The van der Waals surface area contributed by atoms with Crippen LogP contribution in [-0.2, 0) is 4.74 Å². The van der Waals surface area contributed by atoms with Gasteiger partial charge in [-0.15, -0.1) is 0 Å². The lowest BCUT2D eigenvalue weighted by atomic mass is 10.2. The Bertz CT molecular complexity index is 361. The lowest BCUT2D eigenvalue weighted by Crippen LogP contribution is -2.00. The summed E-state index contributed by atoms with van der Waals surface area (Å²) in [6.45, 7) is 0. The van der Waals surface area contributed by atoms with Crippen LogP contribution in [0.3, 0.4) is 0 Å². The predicted molar refractivity (Wildman–Crippen MR) is 39.4 cm³/mol. The van der Waals surface area contributed by atoms with E-state index in [1.165, 1.54) is 18.2 Å². The van der Waals surface area contributed by atoms with Crippen molar-refractivity contribution in [2.45, 2.75) is 0 Å². The van der Waals surface area contributed by atoms with Crippen molar-refractivity contribution >= 4 is 5.97 Å². The van der Waals surface area contributed by atoms with Gasteiger partial charge in [-0.3, -0.25) is 0 Å². The quantitative estimate of drug-likeness (QED) is 0.654. The average molecular weight is 156 g/mol. The van der Waals surface area contributed by atoms with Gasteiger partial charge in [0.2, 0.25) is 0 Å². The van der Waals surface area contributed by atoms with Gasteiger partial charge in [0.1, 0.15) is 11.3 Å². The number of phenolic OH excluding ortho intramolecular Hbond substituents is 1. The summed E-state index contributed by atoms with van der Waals surface area (Å²) in [5.41, 5.74) is -0.0939. The zero-order valence-corrected chi connectivity index (χ0v) is 5.53. The van der Waals surface area contributed by atoms with Gasteiger partial charge in [-0.1, -0.05) is 12.1 Å². The molecule has 0 aliphatic heterocycles. The Hall–Kier alpha value is -1.51. The van der Waals surface area contributed by atoms with Gasteiger partial charge in [-0.2, -0.15) is 0 Å². The first-order valence-corrected chi connectivity index (χ1v) is 2.89. The number of para-hydroxylation sites is 1. The van der Waals surface area contributed by atoms with Crippen LogP contribution < -0.4 is 0 Å². The van der Waals surface area contributed by atoms with E-state index in [0.29, 0.717) is 0 Å². The number of aromatic hydroxyl groups is 1. The minimum Gasteiger partial charge on any atom is -0.507 e. The first-order chi connectivity index (χ1) is 6.94. The fraction of sp³-hybridized carbons (Fsp3) is 0.125. The number of ether oxygens (including phenoxy) is 1. The molecule has 0 radical (unpaired) electrons. The molecular weight excluding hydrogens is 144 g/mol. The number of benzene rings is 1. The van der Waals surface area contributed by atoms with Gasteiger partial charge in [-0.05, 0) is 12.1 Å². The van der Waals surface area contributed by atoms with Gasteiger partial charge in [0.05, 0.1) is 11.2 Å². The molecule has 1 aromatic carbocycles. The van der Waals surface area contributed by atoms with Crippen LogP contribution in [0.25, 0.3) is 0 Å². The Balaban J connectivity index is 2.91. The van der Waals surface area contributed by atoms with Crippen molar-refractivity contribution in [2.24, 2.45) is 0 Å². The summed E-state index contributed by atoms with van der Waals surface area (Å²) in [7, 11) is -2.80. The topological polar surface area (TPSA) is 46.5 Å². The Labute approximate surface area is 69.9 Å². The highest BCUT2D eigenvalue weighted by Crippen LogP contribution is 2.15. The van der Waals surface area contributed by atoms with E-state index in [0.717, 1.165) is 0 Å². The van der Waals surface area contributed by atoms with E-state index in [-0.39, 0.29) is 11.3 Å². The fourth-order valence-corrected chi connectivity index (χ4v) is 0.690. The zero-order chi connectivity index (χ0) is 11.5. The van der Waals surface area contributed by atoms with E-state index in [4.69, 9.17) is 5.54 Å². The van der Waals surface area contributed by atoms with Crippen LogP contribution >= 0.6 is 0 Å². The average Bonchev–Trinajstić information content (AvgIpc) is 2.15. The van der Waals surface area contributed by atoms with Crippen molar-refractivity contribution in [2.75, 3.05) is 7.04 Å². The molecule has 0 atom stereocenters. The molecule has 0 unspecified atom stereocenters. The molecule has 1 aromatic rings. The molecular formula is C8H8O3. The monoisotopic (exact) mass is 156 g/mol. The first kappa shape index (κ1) is 3.76. The normalized spacial score (nSPS) is 15.3. The lowest BCUT2D eigenvalue weighted by molar-refractivity contribution is 0.0597. The largest absolute Gasteiger partial charge is 0.507 e. The summed E-state index contributed by atoms with van der Waals surface area (Å²) in [4.78, 5) is 11.3. The second-order valence-corrected chi connectivity index (χ2v) is 1.89. The molecule has 1 rings (SSSR count). The standard InChI is InChI=1S/C8H8O3/c1-11-8(10)6-4-2-3-5-7(6)9/h2-5,9H,1H3/i1D3/hD. The van der Waals surface area contributed by atoms with Gasteiger partial charge in [0.15, 0.2) is 0 Å². The highest BCUT2D eigenvalue weighted by molar-refractivity contribution is 5.92. The number of rotatable bonds is 2. The van der Waals surface area contributed by atoms with E-state index < -0.39 is 13.0 Å². The van der Waals surface area contributed by atoms with E-state index in [1.807, 2.05) is 0 Å². The highest BCUT2D eigenvalue weighted by Gasteiger charge is 2.08. The molecule has 0 saturated heterocycles. The summed E-state index contributed by atoms with van der Waals surface area (Å²) in [6.07, 6.45) is 0. The number of hydrogen-bond acceptors (Lipinski definition) is 3. The molecule has 0 bridgehead atoms. The van der Waals surface area contributed by atoms with Crippen molar-refractivity contribution < 1.29 is 18.8 Å². The van der Waals surface area contributed by atoms with Crippen LogP contribution in [0.2, 0.25) is 0 Å². The van der Waals surface area contributed by atoms with Gasteiger partial charge in [0, 0.05) is 0 Å². The molecule has 1 N–H and O–H groups in total. The third-order valence-corrected chi connectivity index (χ3v) is 1.20. The second-order valence-electron chi connectivity index (χ2n) is 1.89. The molecule has 11 heavy (non-hydrogen) atoms. The summed E-state index contributed by atoms with van der Waals surface area (Å²) >= 11 is 0. The van der Waals surface area contributed by atoms with Gasteiger partial charge in [-0.25, -0.2) is 4.79 Å². The van der Waals surface area contributed by atoms with Gasteiger partial charge >= 0.3 is 5.97 Å². The summed E-state index contributed by atoms with van der Waals surface area (Å²) in [6, 6.07) is 5.75. The summed E-state index contributed by atoms with van der Waals surface area (Å²) in [5, 5.41) is 4.15. The third-order valence-electron chi connectivity index (χ3n) is 1.20. The molecule has 0 aliphatic rings. The zero-order valence-electron chi connectivity index (χ0n) is 9.53. The van der Waals surface area contributed by atoms with Crippen LogP contribution in [0.15, 0.2) is 24.3 Å². The van der Waals surface area contributed by atoms with E-state index in [1.54, 1.807) is 6.07 Å². The lowest BCUT2D eigenvalue weighted by Gasteiger charge is -1.99. The van der Waals surface area contributed by atoms with E-state index in [2.05, 4.69) is 9.85 Å². The Morgan fingerprint density at radius 1 is 1.73 bits per heavy atom. The molecule has 0 saturated carbocycles. The molecule has 0 aromatic heterocycles. The SMILES string of the molecule is [2H]Oc1ccccc1C(=O)OC([2H])([2H])[2H]. The minimum absolute atomic E-state index is 0.0493. The molecule has 3 nitrogen and oxygen atoms in total. The van der Waals surface area contributed by atoms with Crippen molar-refractivity contribution in [3.8, 4) is 5.75 Å². The molecule has 0 heterocycles. The van der Waals surface area contributed by atoms with Crippen molar-refractivity contribution in [3.05, 3.63) is 29.8 Å². The number of methoxy groups -OCH3 is 1. The van der Waals surface area contributed by atoms with Crippen LogP contribution in [0.5, 0.6) is 5.75 Å². The van der Waals surface area contributed by atoms with Crippen molar-refractivity contribution in [3.63, 3.8) is 0 Å². The number of esters is 1. The molecule has 0 spiro atoms. The Kier molecular flexibility index (Phi) is 1.04. The maximum Gasteiger partial charge on any atom is 0.341 e. The van der Waals surface area contributed by atoms with Crippen LogP contribution in [0.1, 0.15) is 14.5 Å².